The smallest absolute Gasteiger partial charge is 0.260 e. The minimum Gasteiger partial charge on any atom is -0.295 e. The van der Waals surface area contributed by atoms with Crippen molar-refractivity contribution in [3.63, 3.8) is 0 Å². The topological polar surface area (TPSA) is 50.3 Å². The van der Waals surface area contributed by atoms with Gasteiger partial charge in [0, 0.05) is 27.4 Å². The number of rotatable bonds is 7. The zero-order valence-electron chi connectivity index (χ0n) is 16.6. The number of thioether (sulfide) groups is 1. The van der Waals surface area contributed by atoms with E-state index >= 15 is 0 Å². The summed E-state index contributed by atoms with van der Waals surface area (Å²) in [7, 11) is 0. The summed E-state index contributed by atoms with van der Waals surface area (Å²) in [6, 6.07) is 17.1. The molecule has 7 heteroatoms. The van der Waals surface area contributed by atoms with Crippen molar-refractivity contribution in [1.82, 2.24) is 4.98 Å². The van der Waals surface area contributed by atoms with Gasteiger partial charge in [0.1, 0.15) is 0 Å². The van der Waals surface area contributed by atoms with Gasteiger partial charge in [-0.15, -0.1) is 23.1 Å². The number of amides is 1. The van der Waals surface area contributed by atoms with E-state index in [1.165, 1.54) is 23.1 Å². The van der Waals surface area contributed by atoms with Crippen molar-refractivity contribution in [3.05, 3.63) is 76.0 Å². The number of Topliss-reactive ketones (excluding diaryl/α,β-unsaturated/α-hetero) is 1. The van der Waals surface area contributed by atoms with Crippen LogP contribution >= 0.6 is 34.4 Å². The number of nitrogens with zero attached hydrogens (tertiary/aromatic N) is 2. The maximum absolute atomic E-state index is 13.4. The molecule has 0 unspecified atom stereocenters. The zero-order valence-corrected chi connectivity index (χ0v) is 19.1. The molecule has 4 rings (SSSR count). The summed E-state index contributed by atoms with van der Waals surface area (Å²) in [6.07, 6.45) is 2.80. The van der Waals surface area contributed by atoms with Gasteiger partial charge in [-0.05, 0) is 55.3 Å². The first-order chi connectivity index (χ1) is 14.6. The Labute approximate surface area is 187 Å². The summed E-state index contributed by atoms with van der Waals surface area (Å²) >= 11 is 4.88. The lowest BCUT2D eigenvalue weighted by molar-refractivity contribution is 0.0983. The van der Waals surface area contributed by atoms with E-state index in [-0.39, 0.29) is 11.7 Å². The van der Waals surface area contributed by atoms with E-state index in [1.54, 1.807) is 52.3 Å². The molecule has 0 aliphatic rings. The monoisotopic (exact) mass is 452 g/mol. The number of hydrogen-bond donors (Lipinski definition) is 0. The molecule has 2 aromatic carbocycles. The highest BCUT2D eigenvalue weighted by Crippen LogP contribution is 2.34. The third kappa shape index (κ3) is 4.33. The molecule has 2 heterocycles. The fourth-order valence-corrected chi connectivity index (χ4v) is 5.50. The second kappa shape index (κ2) is 9.12. The van der Waals surface area contributed by atoms with Gasteiger partial charge >= 0.3 is 0 Å². The average molecular weight is 453 g/mol. The molecule has 0 saturated heterocycles. The van der Waals surface area contributed by atoms with Crippen LogP contribution in [-0.4, -0.2) is 29.5 Å². The van der Waals surface area contributed by atoms with Gasteiger partial charge in [-0.2, -0.15) is 0 Å². The van der Waals surface area contributed by atoms with Crippen LogP contribution in [0.15, 0.2) is 64.9 Å². The van der Waals surface area contributed by atoms with Crippen molar-refractivity contribution in [2.75, 3.05) is 17.7 Å². The Morgan fingerprint density at radius 2 is 1.80 bits per heavy atom. The van der Waals surface area contributed by atoms with Gasteiger partial charge in [-0.3, -0.25) is 14.5 Å². The zero-order chi connectivity index (χ0) is 21.1. The highest BCUT2D eigenvalue weighted by atomic mass is 32.2. The van der Waals surface area contributed by atoms with Crippen LogP contribution in [0.25, 0.3) is 10.2 Å². The molecule has 4 nitrogen and oxygen atoms in total. The van der Waals surface area contributed by atoms with E-state index in [1.807, 2.05) is 29.8 Å². The third-order valence-electron chi connectivity index (χ3n) is 4.77. The van der Waals surface area contributed by atoms with Gasteiger partial charge < -0.3 is 0 Å². The summed E-state index contributed by atoms with van der Waals surface area (Å²) < 4.78 is 1.07. The number of anilines is 1. The molecule has 1 amide bonds. The van der Waals surface area contributed by atoms with Gasteiger partial charge in [0.25, 0.3) is 5.91 Å². The van der Waals surface area contributed by atoms with Gasteiger partial charge in [0.15, 0.2) is 10.9 Å². The van der Waals surface area contributed by atoms with E-state index in [0.29, 0.717) is 22.8 Å². The van der Waals surface area contributed by atoms with Crippen LogP contribution in [-0.2, 0) is 6.42 Å². The molecule has 0 radical (unpaired) electrons. The van der Waals surface area contributed by atoms with Crippen molar-refractivity contribution < 1.29 is 9.59 Å². The molecule has 0 fully saturated rings. The lowest BCUT2D eigenvalue weighted by Gasteiger charge is -2.20. The van der Waals surface area contributed by atoms with Crippen molar-refractivity contribution in [1.29, 1.82) is 0 Å². The molecule has 0 spiro atoms. The molecule has 0 atom stereocenters. The Balaban J connectivity index is 1.70. The molecule has 0 saturated carbocycles. The van der Waals surface area contributed by atoms with Gasteiger partial charge in [-0.1, -0.05) is 35.6 Å². The Kier molecular flexibility index (Phi) is 6.32. The van der Waals surface area contributed by atoms with Crippen molar-refractivity contribution in [2.24, 2.45) is 0 Å². The third-order valence-corrected chi connectivity index (χ3v) is 7.52. The summed E-state index contributed by atoms with van der Waals surface area (Å²) in [5.41, 5.74) is 2.09. The van der Waals surface area contributed by atoms with Crippen molar-refractivity contribution in [3.8, 4) is 0 Å². The Bertz CT molecular complexity index is 1180. The second-order valence-electron chi connectivity index (χ2n) is 6.72. The molecular weight excluding hydrogens is 432 g/mol. The molecule has 30 heavy (non-hydrogen) atoms. The van der Waals surface area contributed by atoms with Crippen LogP contribution in [0.5, 0.6) is 0 Å². The predicted octanol–water partition coefficient (Wildman–Crippen LogP) is 6.17. The highest BCUT2D eigenvalue weighted by molar-refractivity contribution is 7.98. The van der Waals surface area contributed by atoms with Gasteiger partial charge in [0.05, 0.1) is 10.2 Å². The van der Waals surface area contributed by atoms with Crippen molar-refractivity contribution in [2.45, 2.75) is 18.2 Å². The molecule has 0 aliphatic heterocycles. The summed E-state index contributed by atoms with van der Waals surface area (Å²) in [5.74, 6) is -0.120. The van der Waals surface area contributed by atoms with E-state index in [4.69, 9.17) is 4.98 Å². The van der Waals surface area contributed by atoms with E-state index in [9.17, 15) is 9.59 Å². The quantitative estimate of drug-likeness (QED) is 0.248. The molecule has 152 valence electrons. The molecule has 0 bridgehead atoms. The molecule has 4 aromatic rings. The molecule has 2 aromatic heterocycles. The molecule has 0 N–H and O–H groups in total. The number of thiophene rings is 1. The molecule has 0 aliphatic carbocycles. The van der Waals surface area contributed by atoms with Crippen LogP contribution in [0.3, 0.4) is 0 Å². The van der Waals surface area contributed by atoms with E-state index in [0.717, 1.165) is 21.5 Å². The first kappa shape index (κ1) is 20.8. The molecular formula is C23H20N2O2S3. The largest absolute Gasteiger partial charge is 0.295 e. The standard InChI is InChI=1S/C23H20N2O2S3/c1-15(26)16-8-10-17(11-9-16)22(27)25(13-12-18-5-4-14-29-18)23-24-21-19(28-2)6-3-7-20(21)30-23/h3-11,14H,12-13H2,1-2H3. The number of carbonyl (C=O) groups excluding carboxylic acids is 2. The van der Waals surface area contributed by atoms with Gasteiger partial charge in [-0.25, -0.2) is 4.98 Å². The maximum atomic E-state index is 13.4. The number of hydrogen-bond acceptors (Lipinski definition) is 6. The van der Waals surface area contributed by atoms with Crippen LogP contribution in [0, 0.1) is 0 Å². The lowest BCUT2D eigenvalue weighted by Crippen LogP contribution is -2.32. The van der Waals surface area contributed by atoms with Gasteiger partial charge in [0.2, 0.25) is 0 Å². The Morgan fingerprint density at radius 1 is 1.03 bits per heavy atom. The van der Waals surface area contributed by atoms with Crippen LogP contribution < -0.4 is 4.90 Å². The fraction of sp³-hybridized carbons (Fsp3) is 0.174. The van der Waals surface area contributed by atoms with Crippen LogP contribution in [0.4, 0.5) is 5.13 Å². The Morgan fingerprint density at radius 3 is 2.47 bits per heavy atom. The second-order valence-corrected chi connectivity index (χ2v) is 9.61. The minimum atomic E-state index is -0.105. The van der Waals surface area contributed by atoms with Crippen LogP contribution in [0.1, 0.15) is 32.5 Å². The first-order valence-electron chi connectivity index (χ1n) is 9.45. The van der Waals surface area contributed by atoms with Crippen LogP contribution in [0.2, 0.25) is 0 Å². The number of benzene rings is 2. The fourth-order valence-electron chi connectivity index (χ4n) is 3.16. The minimum absolute atomic E-state index is 0.0145. The summed E-state index contributed by atoms with van der Waals surface area (Å²) in [6.45, 7) is 2.07. The average Bonchev–Trinajstić information content (AvgIpc) is 3.43. The normalized spacial score (nSPS) is 11.0. The van der Waals surface area contributed by atoms with E-state index < -0.39 is 0 Å². The summed E-state index contributed by atoms with van der Waals surface area (Å²) in [4.78, 5) is 33.9. The highest BCUT2D eigenvalue weighted by Gasteiger charge is 2.22. The number of ketones is 1. The first-order valence-corrected chi connectivity index (χ1v) is 12.4. The lowest BCUT2D eigenvalue weighted by atomic mass is 10.1. The number of fused-ring (bicyclic) bond motifs is 1. The number of aromatic nitrogens is 1. The number of para-hydroxylation sites is 1. The SMILES string of the molecule is CSc1cccc2sc(N(CCc3cccs3)C(=O)c3ccc(C(C)=O)cc3)nc12. The summed E-state index contributed by atoms with van der Waals surface area (Å²) in [5, 5.41) is 2.74. The maximum Gasteiger partial charge on any atom is 0.260 e. The Hall–Kier alpha value is -2.48. The predicted molar refractivity (Wildman–Crippen MR) is 128 cm³/mol. The van der Waals surface area contributed by atoms with Crippen molar-refractivity contribution >= 4 is 61.5 Å². The van der Waals surface area contributed by atoms with E-state index in [2.05, 4.69) is 12.1 Å². The number of carbonyl (C=O) groups is 2. The number of thiazole rings is 1.